The normalized spacial score (nSPS) is 22.6. The number of para-hydroxylation sites is 1. The Kier molecular flexibility index (Phi) is 4.36. The van der Waals surface area contributed by atoms with Crippen LogP contribution in [0.4, 0.5) is 5.69 Å². The van der Waals surface area contributed by atoms with Crippen LogP contribution in [-0.2, 0) is 4.74 Å². The van der Waals surface area contributed by atoms with Gasteiger partial charge in [0.1, 0.15) is 0 Å². The van der Waals surface area contributed by atoms with Crippen LogP contribution in [0.3, 0.4) is 0 Å². The quantitative estimate of drug-likeness (QED) is 0.903. The number of hydrogen-bond acceptors (Lipinski definition) is 3. The lowest BCUT2D eigenvalue weighted by Crippen LogP contribution is -2.40. The Balaban J connectivity index is 1.46. The van der Waals surface area contributed by atoms with Crippen molar-refractivity contribution in [3.05, 3.63) is 30.3 Å². The zero-order chi connectivity index (χ0) is 12.9. The lowest BCUT2D eigenvalue weighted by molar-refractivity contribution is -0.0363. The molecule has 2 aliphatic rings. The molecule has 0 spiro atoms. The first-order valence-electron chi connectivity index (χ1n) is 7.58. The third-order valence-corrected chi connectivity index (χ3v) is 4.23. The van der Waals surface area contributed by atoms with Gasteiger partial charge in [0.25, 0.3) is 0 Å². The van der Waals surface area contributed by atoms with E-state index in [-0.39, 0.29) is 0 Å². The maximum Gasteiger partial charge on any atom is 0.0612 e. The van der Waals surface area contributed by atoms with Gasteiger partial charge in [-0.05, 0) is 50.9 Å². The fraction of sp³-hybridized carbons (Fsp3) is 0.625. The number of nitrogens with zero attached hydrogens (tertiary/aromatic N) is 1. The van der Waals surface area contributed by atoms with Gasteiger partial charge in [-0.25, -0.2) is 0 Å². The van der Waals surface area contributed by atoms with Crippen molar-refractivity contribution in [1.29, 1.82) is 0 Å². The first-order valence-corrected chi connectivity index (χ1v) is 7.58. The average molecular weight is 260 g/mol. The molecular weight excluding hydrogens is 236 g/mol. The van der Waals surface area contributed by atoms with E-state index in [9.17, 15) is 0 Å². The first-order chi connectivity index (χ1) is 9.42. The highest BCUT2D eigenvalue weighted by atomic mass is 16.5. The molecule has 104 valence electrons. The number of hydrogen-bond donors (Lipinski definition) is 1. The fourth-order valence-corrected chi connectivity index (χ4v) is 3.09. The van der Waals surface area contributed by atoms with Gasteiger partial charge in [-0.3, -0.25) is 0 Å². The molecular formula is C16H24N2O. The van der Waals surface area contributed by atoms with Gasteiger partial charge in [0.05, 0.1) is 12.2 Å². The predicted molar refractivity (Wildman–Crippen MR) is 78.7 cm³/mol. The Morgan fingerprint density at radius 2 is 1.53 bits per heavy atom. The van der Waals surface area contributed by atoms with Gasteiger partial charge < -0.3 is 15.0 Å². The summed E-state index contributed by atoms with van der Waals surface area (Å²) in [7, 11) is 0. The van der Waals surface area contributed by atoms with Gasteiger partial charge in [0, 0.05) is 18.8 Å². The second kappa shape index (κ2) is 6.40. The largest absolute Gasteiger partial charge is 0.375 e. The van der Waals surface area contributed by atoms with Crippen LogP contribution < -0.4 is 10.2 Å². The van der Waals surface area contributed by atoms with Crippen LogP contribution in [0.1, 0.15) is 25.7 Å². The molecule has 0 aliphatic carbocycles. The summed E-state index contributed by atoms with van der Waals surface area (Å²) in [6.07, 6.45) is 5.66. The fourth-order valence-electron chi connectivity index (χ4n) is 3.09. The molecule has 2 saturated heterocycles. The number of ether oxygens (including phenoxy) is 1. The minimum atomic E-state index is 0.475. The summed E-state index contributed by atoms with van der Waals surface area (Å²) in [5.41, 5.74) is 1.35. The van der Waals surface area contributed by atoms with Crippen molar-refractivity contribution in [3.63, 3.8) is 0 Å². The number of rotatable bonds is 3. The topological polar surface area (TPSA) is 24.5 Å². The maximum atomic E-state index is 6.25. The third-order valence-electron chi connectivity index (χ3n) is 4.23. The molecule has 1 aromatic carbocycles. The Morgan fingerprint density at radius 3 is 2.21 bits per heavy atom. The zero-order valence-electron chi connectivity index (χ0n) is 11.6. The van der Waals surface area contributed by atoms with Gasteiger partial charge in [0.15, 0.2) is 0 Å². The second-order valence-electron chi connectivity index (χ2n) is 5.61. The highest BCUT2D eigenvalue weighted by molar-refractivity contribution is 5.46. The lowest BCUT2D eigenvalue weighted by Gasteiger charge is -2.36. The molecule has 0 bridgehead atoms. The average Bonchev–Trinajstić information content (AvgIpc) is 2.50. The van der Waals surface area contributed by atoms with Crippen molar-refractivity contribution in [2.75, 3.05) is 31.1 Å². The predicted octanol–water partition coefficient (Wildman–Crippen LogP) is 2.42. The van der Waals surface area contributed by atoms with Gasteiger partial charge in [0.2, 0.25) is 0 Å². The summed E-state index contributed by atoms with van der Waals surface area (Å²) in [5.74, 6) is 0. The van der Waals surface area contributed by atoms with Crippen LogP contribution >= 0.6 is 0 Å². The molecule has 2 aliphatic heterocycles. The van der Waals surface area contributed by atoms with Crippen LogP contribution in [0.5, 0.6) is 0 Å². The van der Waals surface area contributed by atoms with Crippen molar-refractivity contribution in [1.82, 2.24) is 5.32 Å². The molecule has 0 atom stereocenters. The van der Waals surface area contributed by atoms with Crippen LogP contribution in [0.25, 0.3) is 0 Å². The second-order valence-corrected chi connectivity index (χ2v) is 5.61. The maximum absolute atomic E-state index is 6.25. The van der Waals surface area contributed by atoms with E-state index in [1.54, 1.807) is 0 Å². The summed E-state index contributed by atoms with van der Waals surface area (Å²) < 4.78 is 6.25. The van der Waals surface area contributed by atoms with Gasteiger partial charge >= 0.3 is 0 Å². The smallest absolute Gasteiger partial charge is 0.0612 e. The van der Waals surface area contributed by atoms with Gasteiger partial charge in [-0.2, -0.15) is 0 Å². The molecule has 0 radical (unpaired) electrons. The molecule has 0 saturated carbocycles. The van der Waals surface area contributed by atoms with Gasteiger partial charge in [-0.15, -0.1) is 0 Å². The summed E-state index contributed by atoms with van der Waals surface area (Å²) in [4.78, 5) is 2.47. The standard InChI is InChI=1S/C16H24N2O/c1-2-4-14(5-3-1)18-12-8-16(9-13-18)19-15-6-10-17-11-7-15/h1-5,15-17H,6-13H2. The van der Waals surface area contributed by atoms with Crippen LogP contribution in [-0.4, -0.2) is 38.4 Å². The Labute approximate surface area is 115 Å². The van der Waals surface area contributed by atoms with Crippen molar-refractivity contribution in [2.45, 2.75) is 37.9 Å². The molecule has 19 heavy (non-hydrogen) atoms. The molecule has 3 rings (SSSR count). The molecule has 2 fully saturated rings. The third kappa shape index (κ3) is 3.48. The zero-order valence-corrected chi connectivity index (χ0v) is 11.6. The minimum Gasteiger partial charge on any atom is -0.375 e. The van der Waals surface area contributed by atoms with E-state index >= 15 is 0 Å². The monoisotopic (exact) mass is 260 g/mol. The summed E-state index contributed by atoms with van der Waals surface area (Å²) >= 11 is 0. The first kappa shape index (κ1) is 12.9. The molecule has 3 heteroatoms. The highest BCUT2D eigenvalue weighted by Gasteiger charge is 2.23. The molecule has 2 heterocycles. The number of anilines is 1. The van der Waals surface area contributed by atoms with E-state index in [0.29, 0.717) is 12.2 Å². The van der Waals surface area contributed by atoms with E-state index in [2.05, 4.69) is 40.5 Å². The van der Waals surface area contributed by atoms with E-state index in [4.69, 9.17) is 4.74 Å². The summed E-state index contributed by atoms with van der Waals surface area (Å²) in [5, 5.41) is 3.39. The van der Waals surface area contributed by atoms with E-state index in [1.807, 2.05) is 0 Å². The molecule has 0 amide bonds. The Bertz CT molecular complexity index is 368. The molecule has 3 nitrogen and oxygen atoms in total. The SMILES string of the molecule is c1ccc(N2CCC(OC3CCNCC3)CC2)cc1. The van der Waals surface area contributed by atoms with E-state index < -0.39 is 0 Å². The van der Waals surface area contributed by atoms with Gasteiger partial charge in [-0.1, -0.05) is 18.2 Å². The number of piperidine rings is 2. The Morgan fingerprint density at radius 1 is 0.895 bits per heavy atom. The van der Waals surface area contributed by atoms with Crippen molar-refractivity contribution in [2.24, 2.45) is 0 Å². The van der Waals surface area contributed by atoms with Crippen molar-refractivity contribution >= 4 is 5.69 Å². The molecule has 1 aromatic rings. The van der Waals surface area contributed by atoms with Crippen LogP contribution in [0.2, 0.25) is 0 Å². The van der Waals surface area contributed by atoms with E-state index in [0.717, 1.165) is 26.2 Å². The number of nitrogens with one attached hydrogen (secondary N) is 1. The number of benzene rings is 1. The minimum absolute atomic E-state index is 0.475. The van der Waals surface area contributed by atoms with Crippen molar-refractivity contribution in [3.8, 4) is 0 Å². The van der Waals surface area contributed by atoms with Crippen LogP contribution in [0.15, 0.2) is 30.3 Å². The lowest BCUT2D eigenvalue weighted by atomic mass is 10.0. The summed E-state index contributed by atoms with van der Waals surface area (Å²) in [6.45, 7) is 4.49. The van der Waals surface area contributed by atoms with Crippen molar-refractivity contribution < 1.29 is 4.74 Å². The Hall–Kier alpha value is -1.06. The molecule has 1 N–H and O–H groups in total. The van der Waals surface area contributed by atoms with E-state index in [1.165, 1.54) is 31.4 Å². The summed E-state index contributed by atoms with van der Waals surface area (Å²) in [6, 6.07) is 10.7. The molecule has 0 aromatic heterocycles. The van der Waals surface area contributed by atoms with Crippen LogP contribution in [0, 0.1) is 0 Å². The molecule has 0 unspecified atom stereocenters. The highest BCUT2D eigenvalue weighted by Crippen LogP contribution is 2.23.